The average molecular weight is 486 g/mol. The molecule has 1 aliphatic rings. The summed E-state index contributed by atoms with van der Waals surface area (Å²) < 4.78 is 42.0. The molecule has 0 aliphatic carbocycles. The summed E-state index contributed by atoms with van der Waals surface area (Å²) in [6, 6.07) is 8.07. The largest absolute Gasteiger partial charge is 0.390 e. The summed E-state index contributed by atoms with van der Waals surface area (Å²) in [6.45, 7) is 5.92. The molecule has 0 radical (unpaired) electrons. The molecule has 9 heteroatoms. The first kappa shape index (κ1) is 22.8. The van der Waals surface area contributed by atoms with E-state index in [0.717, 1.165) is 37.6 Å². The number of alkyl halides is 3. The molecule has 0 saturated carbocycles. The summed E-state index contributed by atoms with van der Waals surface area (Å²) >= 11 is 0. The molecule has 0 bridgehead atoms. The fraction of sp³-hybridized carbons (Fsp3) is 0.588. The second kappa shape index (κ2) is 11.5. The highest BCUT2D eigenvalue weighted by Crippen LogP contribution is 2.18. The number of hydrogen-bond donors (Lipinski definition) is 2. The third-order valence-corrected chi connectivity index (χ3v) is 3.78. The number of benzene rings is 1. The summed E-state index contributed by atoms with van der Waals surface area (Å²) in [5.41, 5.74) is 2.15. The van der Waals surface area contributed by atoms with Crippen molar-refractivity contribution >= 4 is 35.6 Å². The number of anilines is 1. The summed E-state index contributed by atoms with van der Waals surface area (Å²) in [5.74, 6) is 0.393. The third kappa shape index (κ3) is 8.43. The van der Waals surface area contributed by atoms with Gasteiger partial charge in [0, 0.05) is 31.9 Å². The molecule has 2 N–H and O–H groups in total. The fourth-order valence-electron chi connectivity index (χ4n) is 2.47. The standard InChI is InChI=1S/C17H25F3N4O.HI/c1-2-21-16(22-8-7-17(18,19)20)23-13-14-3-5-15(6-4-14)24-9-11-25-12-10-24;/h3-6H,2,7-13H2,1H3,(H2,21,22,23);1H. The number of nitrogens with one attached hydrogen (secondary N) is 2. The Morgan fingerprint density at radius 3 is 2.38 bits per heavy atom. The Kier molecular flexibility index (Phi) is 10.1. The SMILES string of the molecule is CCNC(=NCc1ccc(N2CCOCC2)cc1)NCCC(F)(F)F.I. The van der Waals surface area contributed by atoms with Gasteiger partial charge in [-0.15, -0.1) is 24.0 Å². The first-order valence-corrected chi connectivity index (χ1v) is 8.48. The molecule has 148 valence electrons. The Morgan fingerprint density at radius 1 is 1.15 bits per heavy atom. The van der Waals surface area contributed by atoms with Gasteiger partial charge in [0.15, 0.2) is 5.96 Å². The zero-order valence-corrected chi connectivity index (χ0v) is 17.1. The molecule has 1 aromatic rings. The number of guanidine groups is 1. The van der Waals surface area contributed by atoms with E-state index in [4.69, 9.17) is 4.74 Å². The van der Waals surface area contributed by atoms with Crippen LogP contribution in [0.2, 0.25) is 0 Å². The number of halogens is 4. The molecule has 5 nitrogen and oxygen atoms in total. The lowest BCUT2D eigenvalue weighted by atomic mass is 10.2. The van der Waals surface area contributed by atoms with Crippen molar-refractivity contribution in [1.82, 2.24) is 10.6 Å². The van der Waals surface area contributed by atoms with Gasteiger partial charge in [-0.05, 0) is 24.6 Å². The minimum absolute atomic E-state index is 0. The molecule has 2 rings (SSSR count). The third-order valence-electron chi connectivity index (χ3n) is 3.78. The molecule has 1 fully saturated rings. The highest BCUT2D eigenvalue weighted by atomic mass is 127. The molecule has 0 aromatic heterocycles. The summed E-state index contributed by atoms with van der Waals surface area (Å²) in [7, 11) is 0. The molecule has 26 heavy (non-hydrogen) atoms. The van der Waals surface area contributed by atoms with Gasteiger partial charge in [0.05, 0.1) is 26.2 Å². The van der Waals surface area contributed by atoms with Crippen molar-refractivity contribution in [2.24, 2.45) is 4.99 Å². The minimum atomic E-state index is -4.17. The molecule has 0 amide bonds. The Hall–Kier alpha value is -1.23. The highest BCUT2D eigenvalue weighted by molar-refractivity contribution is 14.0. The average Bonchev–Trinajstić information content (AvgIpc) is 2.60. The maximum atomic E-state index is 12.2. The minimum Gasteiger partial charge on any atom is -0.378 e. The van der Waals surface area contributed by atoms with Crippen molar-refractivity contribution in [3.05, 3.63) is 29.8 Å². The van der Waals surface area contributed by atoms with Crippen LogP contribution in [0.3, 0.4) is 0 Å². The second-order valence-corrected chi connectivity index (χ2v) is 5.75. The van der Waals surface area contributed by atoms with E-state index in [1.54, 1.807) is 0 Å². The molecule has 1 saturated heterocycles. The van der Waals surface area contributed by atoms with Crippen molar-refractivity contribution in [2.75, 3.05) is 44.3 Å². The van der Waals surface area contributed by atoms with Gasteiger partial charge in [0.1, 0.15) is 0 Å². The Balaban J connectivity index is 0.00000338. The van der Waals surface area contributed by atoms with Crippen molar-refractivity contribution in [3.63, 3.8) is 0 Å². The lowest BCUT2D eigenvalue weighted by Gasteiger charge is -2.28. The van der Waals surface area contributed by atoms with Gasteiger partial charge in [0.2, 0.25) is 0 Å². The van der Waals surface area contributed by atoms with Gasteiger partial charge in [-0.3, -0.25) is 0 Å². The van der Waals surface area contributed by atoms with E-state index in [9.17, 15) is 13.2 Å². The first-order valence-electron chi connectivity index (χ1n) is 8.48. The van der Waals surface area contributed by atoms with E-state index in [-0.39, 0.29) is 30.5 Å². The predicted molar refractivity (Wildman–Crippen MR) is 108 cm³/mol. The number of hydrogen-bond acceptors (Lipinski definition) is 3. The zero-order valence-electron chi connectivity index (χ0n) is 14.8. The normalized spacial score (nSPS) is 15.4. The van der Waals surface area contributed by atoms with Crippen molar-refractivity contribution in [2.45, 2.75) is 26.1 Å². The topological polar surface area (TPSA) is 48.9 Å². The Bertz CT molecular complexity index is 546. The highest BCUT2D eigenvalue weighted by Gasteiger charge is 2.26. The van der Waals surface area contributed by atoms with Crippen LogP contribution in [0.1, 0.15) is 18.9 Å². The monoisotopic (exact) mass is 486 g/mol. The van der Waals surface area contributed by atoms with E-state index >= 15 is 0 Å². The van der Waals surface area contributed by atoms with Crippen LogP contribution >= 0.6 is 24.0 Å². The predicted octanol–water partition coefficient (Wildman–Crippen LogP) is 3.15. The van der Waals surface area contributed by atoms with E-state index in [0.29, 0.717) is 19.0 Å². The molecule has 1 heterocycles. The summed E-state index contributed by atoms with van der Waals surface area (Å²) in [6.07, 6.45) is -5.05. The van der Waals surface area contributed by atoms with E-state index in [1.165, 1.54) is 0 Å². The lowest BCUT2D eigenvalue weighted by Crippen LogP contribution is -2.38. The van der Waals surface area contributed by atoms with Gasteiger partial charge in [0.25, 0.3) is 0 Å². The second-order valence-electron chi connectivity index (χ2n) is 5.75. The molecule has 1 aliphatic heterocycles. The van der Waals surface area contributed by atoms with Crippen LogP contribution in [0.15, 0.2) is 29.3 Å². The molecule has 1 aromatic carbocycles. The van der Waals surface area contributed by atoms with E-state index in [2.05, 4.69) is 20.5 Å². The molecular formula is C17H26F3IN4O. The van der Waals surface area contributed by atoms with Crippen LogP contribution in [0.5, 0.6) is 0 Å². The smallest absolute Gasteiger partial charge is 0.378 e. The number of rotatable bonds is 6. The summed E-state index contributed by atoms with van der Waals surface area (Å²) in [4.78, 5) is 6.60. The number of nitrogens with zero attached hydrogens (tertiary/aromatic N) is 2. The lowest BCUT2D eigenvalue weighted by molar-refractivity contribution is -0.132. The molecule has 0 atom stereocenters. The van der Waals surface area contributed by atoms with Crippen molar-refractivity contribution in [1.29, 1.82) is 0 Å². The Morgan fingerprint density at radius 2 is 1.81 bits per heavy atom. The molecule has 0 spiro atoms. The maximum absolute atomic E-state index is 12.2. The van der Waals surface area contributed by atoms with Gasteiger partial charge in [-0.25, -0.2) is 4.99 Å². The summed E-state index contributed by atoms with van der Waals surface area (Å²) in [5, 5.41) is 5.66. The van der Waals surface area contributed by atoms with Crippen LogP contribution < -0.4 is 15.5 Å². The van der Waals surface area contributed by atoms with E-state index < -0.39 is 12.6 Å². The van der Waals surface area contributed by atoms with E-state index in [1.807, 2.05) is 31.2 Å². The molecule has 0 unspecified atom stereocenters. The number of ether oxygens (including phenoxy) is 1. The Labute approximate surface area is 169 Å². The van der Waals surface area contributed by atoms with Gasteiger partial charge >= 0.3 is 6.18 Å². The van der Waals surface area contributed by atoms with Crippen LogP contribution in [-0.4, -0.2) is 51.5 Å². The zero-order chi connectivity index (χ0) is 18.1. The fourth-order valence-corrected chi connectivity index (χ4v) is 2.47. The maximum Gasteiger partial charge on any atom is 0.390 e. The number of aliphatic imine (C=N–C) groups is 1. The van der Waals surface area contributed by atoms with Crippen molar-refractivity contribution in [3.8, 4) is 0 Å². The quantitative estimate of drug-likeness (QED) is 0.369. The first-order chi connectivity index (χ1) is 12.0. The van der Waals surface area contributed by atoms with Gasteiger partial charge in [-0.2, -0.15) is 13.2 Å². The van der Waals surface area contributed by atoms with Crippen LogP contribution in [0, 0.1) is 0 Å². The van der Waals surface area contributed by atoms with Crippen molar-refractivity contribution < 1.29 is 17.9 Å². The molecular weight excluding hydrogens is 460 g/mol. The number of morpholine rings is 1. The van der Waals surface area contributed by atoms with Gasteiger partial charge in [-0.1, -0.05) is 12.1 Å². The van der Waals surface area contributed by atoms with Gasteiger partial charge < -0.3 is 20.3 Å². The van der Waals surface area contributed by atoms with Crippen LogP contribution in [0.25, 0.3) is 0 Å². The van der Waals surface area contributed by atoms with Crippen LogP contribution in [-0.2, 0) is 11.3 Å². The van der Waals surface area contributed by atoms with Crippen LogP contribution in [0.4, 0.5) is 18.9 Å².